The van der Waals surface area contributed by atoms with Crippen LogP contribution < -0.4 is 15.5 Å². The molecule has 1 saturated heterocycles. The summed E-state index contributed by atoms with van der Waals surface area (Å²) in [5.74, 6) is 0. The lowest BCUT2D eigenvalue weighted by Gasteiger charge is -2.31. The van der Waals surface area contributed by atoms with Gasteiger partial charge in [0.15, 0.2) is 0 Å². The first-order valence-electron chi connectivity index (χ1n) is 8.37. The predicted molar refractivity (Wildman–Crippen MR) is 98.4 cm³/mol. The zero-order valence-corrected chi connectivity index (χ0v) is 13.6. The number of rotatable bonds is 4. The molecule has 0 aliphatic carbocycles. The van der Waals surface area contributed by atoms with Gasteiger partial charge in [-0.1, -0.05) is 18.2 Å². The summed E-state index contributed by atoms with van der Waals surface area (Å²) in [7, 11) is 0. The monoisotopic (exact) mass is 319 g/mol. The summed E-state index contributed by atoms with van der Waals surface area (Å²) in [5, 5.41) is 8.10. The summed E-state index contributed by atoms with van der Waals surface area (Å²) in [6.45, 7) is 4.87. The Hall–Kier alpha value is -2.66. The highest BCUT2D eigenvalue weighted by Crippen LogP contribution is 2.25. The Labute approximate surface area is 141 Å². The summed E-state index contributed by atoms with van der Waals surface area (Å²) in [5.41, 5.74) is 4.56. The highest BCUT2D eigenvalue weighted by Gasteiger charge is 2.14. The fourth-order valence-corrected chi connectivity index (χ4v) is 3.12. The van der Waals surface area contributed by atoms with Crippen molar-refractivity contribution in [2.75, 3.05) is 36.4 Å². The second-order valence-corrected chi connectivity index (χ2v) is 6.01. The lowest BCUT2D eigenvalue weighted by atomic mass is 10.1. The van der Waals surface area contributed by atoms with Crippen LogP contribution in [0.4, 0.5) is 11.4 Å². The van der Waals surface area contributed by atoms with Gasteiger partial charge in [-0.2, -0.15) is 0 Å². The topological polar surface area (TPSA) is 53.1 Å². The molecule has 1 aliphatic heterocycles. The maximum atomic E-state index is 4.43. The molecule has 4 rings (SSSR count). The van der Waals surface area contributed by atoms with Crippen molar-refractivity contribution in [3.05, 3.63) is 60.6 Å². The molecule has 0 saturated carbocycles. The van der Waals surface area contributed by atoms with Gasteiger partial charge in [-0.3, -0.25) is 9.97 Å². The molecule has 122 valence electrons. The van der Waals surface area contributed by atoms with Crippen molar-refractivity contribution in [1.82, 2.24) is 15.3 Å². The summed E-state index contributed by atoms with van der Waals surface area (Å²) in [6.07, 6.45) is 5.61. The van der Waals surface area contributed by atoms with Gasteiger partial charge in [-0.15, -0.1) is 0 Å². The molecule has 0 spiro atoms. The second-order valence-electron chi connectivity index (χ2n) is 6.01. The summed E-state index contributed by atoms with van der Waals surface area (Å²) in [6, 6.07) is 12.6. The highest BCUT2D eigenvalue weighted by molar-refractivity contribution is 5.79. The molecule has 1 fully saturated rings. The Balaban J connectivity index is 1.52. The van der Waals surface area contributed by atoms with Crippen molar-refractivity contribution in [2.24, 2.45) is 0 Å². The normalized spacial score (nSPS) is 14.8. The van der Waals surface area contributed by atoms with Crippen LogP contribution in [0.15, 0.2) is 55.0 Å². The lowest BCUT2D eigenvalue weighted by Crippen LogP contribution is -2.43. The molecule has 2 N–H and O–H groups in total. The van der Waals surface area contributed by atoms with Gasteiger partial charge in [-0.25, -0.2) is 0 Å². The van der Waals surface area contributed by atoms with Crippen LogP contribution in [0.2, 0.25) is 0 Å². The quantitative estimate of drug-likeness (QED) is 0.774. The fourth-order valence-electron chi connectivity index (χ4n) is 3.12. The molecule has 5 nitrogen and oxygen atoms in total. The van der Waals surface area contributed by atoms with Gasteiger partial charge in [0.1, 0.15) is 0 Å². The lowest BCUT2D eigenvalue weighted by molar-refractivity contribution is 0.589. The zero-order chi connectivity index (χ0) is 16.2. The Morgan fingerprint density at radius 3 is 2.92 bits per heavy atom. The third-order valence-electron chi connectivity index (χ3n) is 4.41. The van der Waals surface area contributed by atoms with Crippen LogP contribution in [0.5, 0.6) is 0 Å². The van der Waals surface area contributed by atoms with E-state index in [0.717, 1.165) is 43.9 Å². The van der Waals surface area contributed by atoms with Gasteiger partial charge in [0, 0.05) is 50.5 Å². The molecule has 2 aromatic heterocycles. The number of benzene rings is 1. The SMILES string of the molecule is c1cnc2cc(CNc3cnccc3N3CCNCC3)ccc2c1. The first-order valence-corrected chi connectivity index (χ1v) is 8.37. The van der Waals surface area contributed by atoms with Crippen LogP contribution in [0, 0.1) is 0 Å². The molecule has 0 unspecified atom stereocenters. The number of hydrogen-bond donors (Lipinski definition) is 2. The van der Waals surface area contributed by atoms with Crippen molar-refractivity contribution in [1.29, 1.82) is 0 Å². The molecule has 3 aromatic rings. The van der Waals surface area contributed by atoms with Crippen molar-refractivity contribution in [3.8, 4) is 0 Å². The Bertz CT molecular complexity index is 827. The molecular weight excluding hydrogens is 298 g/mol. The maximum absolute atomic E-state index is 4.43. The van der Waals surface area contributed by atoms with Crippen LogP contribution in [0.1, 0.15) is 5.56 Å². The molecule has 3 heterocycles. The van der Waals surface area contributed by atoms with Gasteiger partial charge in [-0.05, 0) is 23.8 Å². The molecule has 0 radical (unpaired) electrons. The van der Waals surface area contributed by atoms with Gasteiger partial charge < -0.3 is 15.5 Å². The van der Waals surface area contributed by atoms with Crippen LogP contribution in [-0.2, 0) is 6.54 Å². The van der Waals surface area contributed by atoms with Crippen LogP contribution in [-0.4, -0.2) is 36.1 Å². The Kier molecular flexibility index (Phi) is 4.25. The molecule has 0 atom stereocenters. The molecule has 0 amide bonds. The molecule has 24 heavy (non-hydrogen) atoms. The van der Waals surface area contributed by atoms with Crippen LogP contribution in [0.25, 0.3) is 10.9 Å². The number of nitrogens with zero attached hydrogens (tertiary/aromatic N) is 3. The minimum absolute atomic E-state index is 0.761. The average Bonchev–Trinajstić information content (AvgIpc) is 2.67. The fraction of sp³-hybridized carbons (Fsp3) is 0.263. The van der Waals surface area contributed by atoms with Gasteiger partial charge >= 0.3 is 0 Å². The van der Waals surface area contributed by atoms with Crippen molar-refractivity contribution in [3.63, 3.8) is 0 Å². The Morgan fingerprint density at radius 1 is 1.08 bits per heavy atom. The van der Waals surface area contributed by atoms with E-state index < -0.39 is 0 Å². The summed E-state index contributed by atoms with van der Waals surface area (Å²) in [4.78, 5) is 11.1. The van der Waals surface area contributed by atoms with Crippen molar-refractivity contribution >= 4 is 22.3 Å². The zero-order valence-electron chi connectivity index (χ0n) is 13.6. The van der Waals surface area contributed by atoms with E-state index in [1.807, 2.05) is 24.7 Å². The van der Waals surface area contributed by atoms with Crippen molar-refractivity contribution < 1.29 is 0 Å². The van der Waals surface area contributed by atoms with E-state index in [2.05, 4.69) is 55.8 Å². The first kappa shape index (κ1) is 14.9. The molecule has 1 aliphatic rings. The molecular formula is C19H21N5. The third-order valence-corrected chi connectivity index (χ3v) is 4.41. The van der Waals surface area contributed by atoms with Crippen molar-refractivity contribution in [2.45, 2.75) is 6.54 Å². The molecule has 1 aromatic carbocycles. The highest BCUT2D eigenvalue weighted by atomic mass is 15.2. The number of aromatic nitrogens is 2. The number of anilines is 2. The minimum Gasteiger partial charge on any atom is -0.378 e. The number of hydrogen-bond acceptors (Lipinski definition) is 5. The Morgan fingerprint density at radius 2 is 2.00 bits per heavy atom. The number of pyridine rings is 2. The predicted octanol–water partition coefficient (Wildman–Crippen LogP) is 2.65. The number of nitrogens with one attached hydrogen (secondary N) is 2. The molecule has 0 bridgehead atoms. The van der Waals surface area contributed by atoms with Gasteiger partial charge in [0.2, 0.25) is 0 Å². The van der Waals surface area contributed by atoms with Crippen LogP contribution in [0.3, 0.4) is 0 Å². The second kappa shape index (κ2) is 6.84. The van der Waals surface area contributed by atoms with E-state index in [0.29, 0.717) is 0 Å². The molecule has 5 heteroatoms. The standard InChI is InChI=1S/C19H21N5/c1-2-16-4-3-15(12-17(16)22-6-1)13-23-18-14-21-7-5-19(18)24-10-8-20-9-11-24/h1-7,12,14,20,23H,8-11,13H2. The van der Waals surface area contributed by atoms with E-state index in [1.165, 1.54) is 16.6 Å². The van der Waals surface area contributed by atoms with E-state index in [9.17, 15) is 0 Å². The maximum Gasteiger partial charge on any atom is 0.0767 e. The van der Waals surface area contributed by atoms with E-state index in [4.69, 9.17) is 0 Å². The summed E-state index contributed by atoms with van der Waals surface area (Å²) >= 11 is 0. The van der Waals surface area contributed by atoms with Crippen LogP contribution >= 0.6 is 0 Å². The van der Waals surface area contributed by atoms with Gasteiger partial charge in [0.05, 0.1) is 23.1 Å². The van der Waals surface area contributed by atoms with Gasteiger partial charge in [0.25, 0.3) is 0 Å². The van der Waals surface area contributed by atoms with E-state index in [-0.39, 0.29) is 0 Å². The largest absolute Gasteiger partial charge is 0.378 e. The minimum atomic E-state index is 0.761. The first-order chi connectivity index (χ1) is 11.9. The number of fused-ring (bicyclic) bond motifs is 1. The van der Waals surface area contributed by atoms with E-state index in [1.54, 1.807) is 0 Å². The smallest absolute Gasteiger partial charge is 0.0767 e. The summed E-state index contributed by atoms with van der Waals surface area (Å²) < 4.78 is 0. The third kappa shape index (κ3) is 3.16. The number of piperazine rings is 1. The van der Waals surface area contributed by atoms with E-state index >= 15 is 0 Å². The average molecular weight is 319 g/mol.